The Labute approximate surface area is 173 Å². The molecule has 1 N–H and O–H groups in total. The van der Waals surface area contributed by atoms with E-state index in [4.69, 9.17) is 0 Å². The summed E-state index contributed by atoms with van der Waals surface area (Å²) >= 11 is 0. The number of rotatable bonds is 4. The van der Waals surface area contributed by atoms with Crippen LogP contribution in [0.15, 0.2) is 24.5 Å². The molecule has 2 saturated heterocycles. The lowest BCUT2D eigenvalue weighted by molar-refractivity contribution is -0.137. The van der Waals surface area contributed by atoms with Crippen LogP contribution in [0.25, 0.3) is 0 Å². The number of carbonyl (C=O) groups is 2. The number of nitrogens with one attached hydrogen (secondary N) is 1. The first-order valence-electron chi connectivity index (χ1n) is 11.1. The molecule has 7 nitrogen and oxygen atoms in total. The maximum absolute atomic E-state index is 13.0. The van der Waals surface area contributed by atoms with Gasteiger partial charge in [0.2, 0.25) is 11.8 Å². The third-order valence-electron chi connectivity index (χ3n) is 6.87. The van der Waals surface area contributed by atoms with Crippen molar-refractivity contribution in [2.24, 2.45) is 5.92 Å². The topological polar surface area (TPSA) is 68.8 Å². The molecule has 3 fully saturated rings. The van der Waals surface area contributed by atoms with E-state index < -0.39 is 0 Å². The Kier molecular flexibility index (Phi) is 6.33. The molecule has 2 aliphatic heterocycles. The zero-order valence-electron chi connectivity index (χ0n) is 17.4. The Morgan fingerprint density at radius 1 is 0.966 bits per heavy atom. The van der Waals surface area contributed by atoms with Crippen LogP contribution in [-0.2, 0) is 9.59 Å². The van der Waals surface area contributed by atoms with Crippen LogP contribution in [0, 0.1) is 5.92 Å². The summed E-state index contributed by atoms with van der Waals surface area (Å²) < 4.78 is 0. The summed E-state index contributed by atoms with van der Waals surface area (Å²) in [6.45, 7) is 4.32. The molecule has 0 aromatic carbocycles. The van der Waals surface area contributed by atoms with Gasteiger partial charge in [-0.3, -0.25) is 19.5 Å². The van der Waals surface area contributed by atoms with E-state index in [1.165, 1.54) is 5.69 Å². The Hall–Kier alpha value is -2.15. The minimum Gasteiger partial charge on any atom is -0.368 e. The van der Waals surface area contributed by atoms with Crippen LogP contribution in [0.4, 0.5) is 5.69 Å². The van der Waals surface area contributed by atoms with E-state index in [9.17, 15) is 9.59 Å². The highest BCUT2D eigenvalue weighted by Gasteiger charge is 2.33. The smallest absolute Gasteiger partial charge is 0.237 e. The molecule has 1 aromatic heterocycles. The average Bonchev–Trinajstić information content (AvgIpc) is 3.20. The Balaban J connectivity index is 1.21. The van der Waals surface area contributed by atoms with Gasteiger partial charge in [-0.05, 0) is 64.3 Å². The summed E-state index contributed by atoms with van der Waals surface area (Å²) in [6, 6.07) is 4.31. The SMILES string of the molecule is CN1CCC[C@H]1C(=O)NC1CCC(C(=O)N2CCN(c3ccncc3)CC2)CC1. The standard InChI is InChI=1S/C22H33N5O2/c1-25-12-2-3-20(25)21(28)24-18-6-4-17(5-7-18)22(29)27-15-13-26(14-16-27)19-8-10-23-11-9-19/h8-11,17-18,20H,2-7,12-16H2,1H3,(H,24,28)/t17?,18?,20-/m0/s1. The van der Waals surface area contributed by atoms with Crippen LogP contribution in [-0.4, -0.2) is 78.5 Å². The molecule has 4 rings (SSSR count). The number of carbonyl (C=O) groups excluding carboxylic acids is 2. The molecule has 0 unspecified atom stereocenters. The number of aromatic nitrogens is 1. The van der Waals surface area contributed by atoms with Gasteiger partial charge in [0, 0.05) is 56.2 Å². The Morgan fingerprint density at radius 2 is 1.66 bits per heavy atom. The molecule has 7 heteroatoms. The number of hydrogen-bond acceptors (Lipinski definition) is 5. The summed E-state index contributed by atoms with van der Waals surface area (Å²) in [6.07, 6.45) is 9.28. The number of piperazine rings is 1. The molecule has 1 aliphatic carbocycles. The van der Waals surface area contributed by atoms with Crippen molar-refractivity contribution in [1.82, 2.24) is 20.1 Å². The first-order chi connectivity index (χ1) is 14.1. The summed E-state index contributed by atoms with van der Waals surface area (Å²) in [7, 11) is 2.03. The van der Waals surface area contributed by atoms with Crippen molar-refractivity contribution in [1.29, 1.82) is 0 Å². The number of nitrogens with zero attached hydrogens (tertiary/aromatic N) is 4. The van der Waals surface area contributed by atoms with Gasteiger partial charge in [-0.15, -0.1) is 0 Å². The van der Waals surface area contributed by atoms with Gasteiger partial charge in [0.15, 0.2) is 0 Å². The second kappa shape index (κ2) is 9.11. The molecule has 3 aliphatic rings. The molecular formula is C22H33N5O2. The molecule has 2 amide bonds. The van der Waals surface area contributed by atoms with Crippen molar-refractivity contribution in [3.05, 3.63) is 24.5 Å². The minimum atomic E-state index is 0.0334. The molecule has 3 heterocycles. The van der Waals surface area contributed by atoms with Gasteiger partial charge in [0.1, 0.15) is 0 Å². The first-order valence-corrected chi connectivity index (χ1v) is 11.1. The summed E-state index contributed by atoms with van der Waals surface area (Å²) in [5.74, 6) is 0.594. The zero-order chi connectivity index (χ0) is 20.2. The predicted molar refractivity (Wildman–Crippen MR) is 113 cm³/mol. The van der Waals surface area contributed by atoms with Crippen LogP contribution in [0.3, 0.4) is 0 Å². The summed E-state index contributed by atoms with van der Waals surface area (Å²) in [5, 5.41) is 3.24. The number of anilines is 1. The Bertz CT molecular complexity index is 696. The van der Waals surface area contributed by atoms with Crippen LogP contribution in [0.2, 0.25) is 0 Å². The van der Waals surface area contributed by atoms with E-state index in [2.05, 4.69) is 20.1 Å². The fraction of sp³-hybridized carbons (Fsp3) is 0.682. The van der Waals surface area contributed by atoms with E-state index in [1.54, 1.807) is 0 Å². The van der Waals surface area contributed by atoms with Crippen LogP contribution in [0.1, 0.15) is 38.5 Å². The zero-order valence-corrected chi connectivity index (χ0v) is 17.4. The van der Waals surface area contributed by atoms with Crippen molar-refractivity contribution in [2.45, 2.75) is 50.6 Å². The van der Waals surface area contributed by atoms with Crippen LogP contribution in [0.5, 0.6) is 0 Å². The quantitative estimate of drug-likeness (QED) is 0.831. The lowest BCUT2D eigenvalue weighted by Crippen LogP contribution is -2.51. The second-order valence-corrected chi connectivity index (χ2v) is 8.71. The fourth-order valence-electron chi connectivity index (χ4n) is 5.02. The van der Waals surface area contributed by atoms with Crippen molar-refractivity contribution in [2.75, 3.05) is 44.7 Å². The van der Waals surface area contributed by atoms with Crippen molar-refractivity contribution in [3.8, 4) is 0 Å². The van der Waals surface area contributed by atoms with Crippen LogP contribution >= 0.6 is 0 Å². The van der Waals surface area contributed by atoms with E-state index in [1.807, 2.05) is 36.5 Å². The predicted octanol–water partition coefficient (Wildman–Crippen LogP) is 1.50. The molecule has 158 valence electrons. The maximum atomic E-state index is 13.0. The van der Waals surface area contributed by atoms with Gasteiger partial charge >= 0.3 is 0 Å². The van der Waals surface area contributed by atoms with Crippen molar-refractivity contribution in [3.63, 3.8) is 0 Å². The average molecular weight is 400 g/mol. The minimum absolute atomic E-state index is 0.0334. The normalized spacial score (nSPS) is 28.4. The molecule has 0 spiro atoms. The van der Waals surface area contributed by atoms with Gasteiger partial charge in [0.25, 0.3) is 0 Å². The Morgan fingerprint density at radius 3 is 2.28 bits per heavy atom. The van der Waals surface area contributed by atoms with E-state index >= 15 is 0 Å². The third-order valence-corrected chi connectivity index (χ3v) is 6.87. The third kappa shape index (κ3) is 4.71. The first kappa shape index (κ1) is 20.1. The second-order valence-electron chi connectivity index (χ2n) is 8.71. The van der Waals surface area contributed by atoms with E-state index in [0.717, 1.165) is 71.2 Å². The monoisotopic (exact) mass is 399 g/mol. The van der Waals surface area contributed by atoms with Gasteiger partial charge in [-0.1, -0.05) is 0 Å². The number of amides is 2. The molecule has 0 bridgehead atoms. The molecule has 29 heavy (non-hydrogen) atoms. The summed E-state index contributed by atoms with van der Waals surface area (Å²) in [4.78, 5) is 36.1. The van der Waals surface area contributed by atoms with Gasteiger partial charge in [0.05, 0.1) is 6.04 Å². The maximum Gasteiger partial charge on any atom is 0.237 e. The summed E-state index contributed by atoms with van der Waals surface area (Å²) in [5.41, 5.74) is 1.18. The molecule has 0 radical (unpaired) electrons. The van der Waals surface area contributed by atoms with Crippen molar-refractivity contribution < 1.29 is 9.59 Å². The molecule has 1 aromatic rings. The van der Waals surface area contributed by atoms with E-state index in [-0.39, 0.29) is 23.9 Å². The highest BCUT2D eigenvalue weighted by Crippen LogP contribution is 2.27. The highest BCUT2D eigenvalue weighted by molar-refractivity contribution is 5.82. The lowest BCUT2D eigenvalue weighted by Gasteiger charge is -2.39. The van der Waals surface area contributed by atoms with Gasteiger partial charge in [-0.25, -0.2) is 0 Å². The van der Waals surface area contributed by atoms with Crippen molar-refractivity contribution >= 4 is 17.5 Å². The van der Waals surface area contributed by atoms with Crippen LogP contribution < -0.4 is 10.2 Å². The fourth-order valence-corrected chi connectivity index (χ4v) is 5.02. The number of likely N-dealkylation sites (tertiary alicyclic amines) is 1. The molecule has 1 saturated carbocycles. The number of pyridine rings is 1. The molecular weight excluding hydrogens is 366 g/mol. The molecule has 1 atom stereocenters. The number of likely N-dealkylation sites (N-methyl/N-ethyl adjacent to an activating group) is 1. The van der Waals surface area contributed by atoms with Gasteiger partial charge < -0.3 is 15.1 Å². The lowest BCUT2D eigenvalue weighted by atomic mass is 9.85. The highest BCUT2D eigenvalue weighted by atomic mass is 16.2. The van der Waals surface area contributed by atoms with Gasteiger partial charge in [-0.2, -0.15) is 0 Å². The largest absolute Gasteiger partial charge is 0.368 e. The number of hydrogen-bond donors (Lipinski definition) is 1. The van der Waals surface area contributed by atoms with E-state index in [0.29, 0.717) is 5.91 Å².